The van der Waals surface area contributed by atoms with Gasteiger partial charge in [-0.3, -0.25) is 14.2 Å². The molecule has 0 unspecified atom stereocenters. The molecule has 0 saturated carbocycles. The Labute approximate surface area is 135 Å². The SMILES string of the molecule is Cc1csc(=O)n1CC(=O)OCc1nc(-c2ccccc2)no1. The van der Waals surface area contributed by atoms with Crippen molar-refractivity contribution in [2.24, 2.45) is 0 Å². The Balaban J connectivity index is 1.60. The van der Waals surface area contributed by atoms with Gasteiger partial charge in [0.05, 0.1) is 0 Å². The van der Waals surface area contributed by atoms with Crippen molar-refractivity contribution in [2.75, 3.05) is 0 Å². The minimum Gasteiger partial charge on any atom is -0.454 e. The fourth-order valence-electron chi connectivity index (χ4n) is 1.93. The van der Waals surface area contributed by atoms with Gasteiger partial charge in [0.1, 0.15) is 6.54 Å². The summed E-state index contributed by atoms with van der Waals surface area (Å²) in [5, 5.41) is 5.53. The molecular weight excluding hydrogens is 318 g/mol. The van der Waals surface area contributed by atoms with E-state index in [1.165, 1.54) is 4.57 Å². The molecule has 0 amide bonds. The van der Waals surface area contributed by atoms with Crippen LogP contribution in [-0.4, -0.2) is 20.7 Å². The Kier molecular flexibility index (Phi) is 4.33. The van der Waals surface area contributed by atoms with Gasteiger partial charge >= 0.3 is 10.8 Å². The average molecular weight is 331 g/mol. The van der Waals surface area contributed by atoms with E-state index in [0.717, 1.165) is 22.6 Å². The molecule has 3 rings (SSSR count). The van der Waals surface area contributed by atoms with Crippen LogP contribution in [0.25, 0.3) is 11.4 Å². The fraction of sp³-hybridized carbons (Fsp3) is 0.200. The van der Waals surface area contributed by atoms with Gasteiger partial charge in [-0.2, -0.15) is 4.98 Å². The zero-order valence-corrected chi connectivity index (χ0v) is 13.1. The second kappa shape index (κ2) is 6.57. The highest BCUT2D eigenvalue weighted by molar-refractivity contribution is 7.07. The molecule has 7 nitrogen and oxygen atoms in total. The molecule has 0 aliphatic rings. The van der Waals surface area contributed by atoms with Crippen LogP contribution >= 0.6 is 11.3 Å². The molecule has 0 saturated heterocycles. The van der Waals surface area contributed by atoms with Crippen LogP contribution in [0.1, 0.15) is 11.6 Å². The van der Waals surface area contributed by atoms with Crippen molar-refractivity contribution in [3.8, 4) is 11.4 Å². The van der Waals surface area contributed by atoms with Crippen LogP contribution in [0.5, 0.6) is 0 Å². The van der Waals surface area contributed by atoms with Crippen molar-refractivity contribution < 1.29 is 14.1 Å². The van der Waals surface area contributed by atoms with Crippen molar-refractivity contribution >= 4 is 17.3 Å². The maximum absolute atomic E-state index is 11.8. The third-order valence-electron chi connectivity index (χ3n) is 3.12. The molecular formula is C15H13N3O4S. The van der Waals surface area contributed by atoms with E-state index in [1.807, 2.05) is 30.3 Å². The Morgan fingerprint density at radius 2 is 2.13 bits per heavy atom. The molecule has 0 bridgehead atoms. The number of nitrogens with zero attached hydrogens (tertiary/aromatic N) is 3. The molecule has 3 aromatic rings. The van der Waals surface area contributed by atoms with Crippen LogP contribution in [0.3, 0.4) is 0 Å². The second-order valence-electron chi connectivity index (χ2n) is 4.77. The van der Waals surface area contributed by atoms with Gasteiger partial charge in [0.15, 0.2) is 6.61 Å². The Morgan fingerprint density at radius 1 is 1.35 bits per heavy atom. The summed E-state index contributed by atoms with van der Waals surface area (Å²) in [5.41, 5.74) is 1.54. The molecule has 23 heavy (non-hydrogen) atoms. The number of carbonyl (C=O) groups is 1. The van der Waals surface area contributed by atoms with E-state index in [0.29, 0.717) is 5.82 Å². The van der Waals surface area contributed by atoms with Crippen LogP contribution < -0.4 is 4.87 Å². The topological polar surface area (TPSA) is 87.2 Å². The number of benzene rings is 1. The first kappa shape index (κ1) is 15.2. The Morgan fingerprint density at radius 3 is 2.83 bits per heavy atom. The number of ether oxygens (including phenoxy) is 1. The summed E-state index contributed by atoms with van der Waals surface area (Å²) < 4.78 is 11.5. The molecule has 118 valence electrons. The average Bonchev–Trinajstić information content (AvgIpc) is 3.16. The number of hydrogen-bond donors (Lipinski definition) is 0. The van der Waals surface area contributed by atoms with E-state index >= 15 is 0 Å². The standard InChI is InChI=1S/C15H13N3O4S/c1-10-9-23-15(20)18(10)7-13(19)21-8-12-16-14(17-22-12)11-5-3-2-4-6-11/h2-6,9H,7-8H2,1H3. The normalized spacial score (nSPS) is 10.7. The Hall–Kier alpha value is -2.74. The third-order valence-corrected chi connectivity index (χ3v) is 4.00. The molecule has 0 spiro atoms. The van der Waals surface area contributed by atoms with Gasteiger partial charge in [0.2, 0.25) is 5.82 Å². The first-order valence-corrected chi connectivity index (χ1v) is 7.70. The first-order chi connectivity index (χ1) is 11.1. The lowest BCUT2D eigenvalue weighted by molar-refractivity contribution is -0.146. The number of hydrogen-bond acceptors (Lipinski definition) is 7. The lowest BCUT2D eigenvalue weighted by atomic mass is 10.2. The van der Waals surface area contributed by atoms with Crippen molar-refractivity contribution in [3.63, 3.8) is 0 Å². The molecule has 8 heteroatoms. The van der Waals surface area contributed by atoms with Crippen LogP contribution in [0, 0.1) is 6.92 Å². The fourth-order valence-corrected chi connectivity index (χ4v) is 2.67. The summed E-state index contributed by atoms with van der Waals surface area (Å²) in [4.78, 5) is 27.3. The highest BCUT2D eigenvalue weighted by Gasteiger charge is 2.13. The van der Waals surface area contributed by atoms with E-state index in [2.05, 4.69) is 10.1 Å². The van der Waals surface area contributed by atoms with Crippen molar-refractivity contribution in [3.05, 3.63) is 57.0 Å². The predicted molar refractivity (Wildman–Crippen MR) is 82.8 cm³/mol. The highest BCUT2D eigenvalue weighted by atomic mass is 32.1. The number of rotatable bonds is 5. The molecule has 2 heterocycles. The quantitative estimate of drug-likeness (QED) is 0.665. The summed E-state index contributed by atoms with van der Waals surface area (Å²) in [6, 6.07) is 9.33. The van der Waals surface area contributed by atoms with Crippen LogP contribution in [0.15, 0.2) is 45.0 Å². The molecule has 1 aromatic carbocycles. The minimum absolute atomic E-state index is 0.128. The highest BCUT2D eigenvalue weighted by Crippen LogP contribution is 2.15. The first-order valence-electron chi connectivity index (χ1n) is 6.82. The smallest absolute Gasteiger partial charge is 0.326 e. The summed E-state index contributed by atoms with van der Waals surface area (Å²) in [6.07, 6.45) is 0. The zero-order chi connectivity index (χ0) is 16.2. The summed E-state index contributed by atoms with van der Waals surface area (Å²) in [6.45, 7) is 1.50. The van der Waals surface area contributed by atoms with E-state index < -0.39 is 5.97 Å². The predicted octanol–water partition coefficient (Wildman–Crippen LogP) is 2.01. The number of aromatic nitrogens is 3. The molecule has 0 atom stereocenters. The van der Waals surface area contributed by atoms with Gasteiger partial charge in [-0.05, 0) is 6.92 Å². The molecule has 0 radical (unpaired) electrons. The summed E-state index contributed by atoms with van der Waals surface area (Å²) in [7, 11) is 0. The van der Waals surface area contributed by atoms with Gasteiger partial charge in [0.25, 0.3) is 5.89 Å². The van der Waals surface area contributed by atoms with Crippen LogP contribution in [0.2, 0.25) is 0 Å². The van der Waals surface area contributed by atoms with E-state index in [9.17, 15) is 9.59 Å². The van der Waals surface area contributed by atoms with Crippen molar-refractivity contribution in [1.29, 1.82) is 0 Å². The third kappa shape index (κ3) is 3.54. The van der Waals surface area contributed by atoms with E-state index in [-0.39, 0.29) is 23.9 Å². The number of carbonyl (C=O) groups excluding carboxylic acids is 1. The van der Waals surface area contributed by atoms with Crippen LogP contribution in [-0.2, 0) is 22.7 Å². The van der Waals surface area contributed by atoms with Gasteiger partial charge in [-0.15, -0.1) is 0 Å². The van der Waals surface area contributed by atoms with Gasteiger partial charge in [-0.1, -0.05) is 46.8 Å². The largest absolute Gasteiger partial charge is 0.454 e. The molecule has 0 aliphatic heterocycles. The second-order valence-corrected chi connectivity index (χ2v) is 5.59. The monoisotopic (exact) mass is 331 g/mol. The Bertz CT molecular complexity index is 866. The number of esters is 1. The summed E-state index contributed by atoms with van der Waals surface area (Å²) >= 11 is 1.05. The lowest BCUT2D eigenvalue weighted by Crippen LogP contribution is -2.22. The van der Waals surface area contributed by atoms with Gasteiger partial charge < -0.3 is 9.26 Å². The molecule has 0 N–H and O–H groups in total. The molecule has 0 fully saturated rings. The minimum atomic E-state index is -0.534. The maximum Gasteiger partial charge on any atom is 0.326 e. The number of aryl methyl sites for hydroxylation is 1. The molecule has 2 aromatic heterocycles. The maximum atomic E-state index is 11.8. The lowest BCUT2D eigenvalue weighted by Gasteiger charge is -2.03. The molecule has 0 aliphatic carbocycles. The van der Waals surface area contributed by atoms with Gasteiger partial charge in [0, 0.05) is 16.6 Å². The van der Waals surface area contributed by atoms with Crippen molar-refractivity contribution in [2.45, 2.75) is 20.1 Å². The van der Waals surface area contributed by atoms with Crippen molar-refractivity contribution in [1.82, 2.24) is 14.7 Å². The van der Waals surface area contributed by atoms with Gasteiger partial charge in [-0.25, -0.2) is 0 Å². The van der Waals surface area contributed by atoms with E-state index in [1.54, 1.807) is 12.3 Å². The van der Waals surface area contributed by atoms with E-state index in [4.69, 9.17) is 9.26 Å². The summed E-state index contributed by atoms with van der Waals surface area (Å²) in [5.74, 6) is 0.0983. The zero-order valence-electron chi connectivity index (χ0n) is 12.3. The number of thiazole rings is 1. The van der Waals surface area contributed by atoms with Crippen LogP contribution in [0.4, 0.5) is 0 Å².